The monoisotopic (exact) mass is 459 g/mol. The fourth-order valence-electron chi connectivity index (χ4n) is 3.20. The number of benzene rings is 3. The standard InChI is InChI=1S/C25H21N3O6/c1-2-32-23-12-18(8-10-22(23)33-16-17-6-4-3-5-7-17)15-26-27-25(29)24-14-19-13-20(28(30)31)9-11-21(19)34-24/h3-15H,2,16H2,1H3,(H,27,29)/b26-15-. The highest BCUT2D eigenvalue weighted by Gasteiger charge is 2.14. The van der Waals surface area contributed by atoms with Crippen molar-refractivity contribution in [2.75, 3.05) is 6.61 Å². The summed E-state index contributed by atoms with van der Waals surface area (Å²) < 4.78 is 17.0. The molecule has 1 heterocycles. The number of non-ortho nitro benzene ring substituents is 1. The zero-order chi connectivity index (χ0) is 23.9. The number of carbonyl (C=O) groups is 1. The highest BCUT2D eigenvalue weighted by molar-refractivity contribution is 5.97. The Hall–Kier alpha value is -4.66. The van der Waals surface area contributed by atoms with E-state index in [0.29, 0.717) is 41.2 Å². The molecule has 34 heavy (non-hydrogen) atoms. The number of hydrazone groups is 1. The van der Waals surface area contributed by atoms with Crippen LogP contribution in [0.4, 0.5) is 5.69 Å². The summed E-state index contributed by atoms with van der Waals surface area (Å²) in [6.07, 6.45) is 1.47. The third-order valence-electron chi connectivity index (χ3n) is 4.82. The van der Waals surface area contributed by atoms with Crippen molar-refractivity contribution in [3.8, 4) is 11.5 Å². The SMILES string of the molecule is CCOc1cc(/C=N\NC(=O)c2cc3cc([N+](=O)[O-])ccc3o2)ccc1OCc1ccccc1. The van der Waals surface area contributed by atoms with Gasteiger partial charge in [-0.05, 0) is 48.4 Å². The van der Waals surface area contributed by atoms with Gasteiger partial charge >= 0.3 is 5.91 Å². The van der Waals surface area contributed by atoms with Crippen molar-refractivity contribution in [2.45, 2.75) is 13.5 Å². The smallest absolute Gasteiger partial charge is 0.307 e. The first-order valence-corrected chi connectivity index (χ1v) is 10.5. The van der Waals surface area contributed by atoms with Gasteiger partial charge in [0.2, 0.25) is 0 Å². The number of nitrogens with zero attached hydrogens (tertiary/aromatic N) is 2. The summed E-state index contributed by atoms with van der Waals surface area (Å²) in [4.78, 5) is 22.8. The minimum atomic E-state index is -0.581. The Bertz CT molecular complexity index is 1350. The van der Waals surface area contributed by atoms with Gasteiger partial charge < -0.3 is 13.9 Å². The van der Waals surface area contributed by atoms with Crippen LogP contribution in [0.2, 0.25) is 0 Å². The van der Waals surface area contributed by atoms with Crippen LogP contribution in [0.1, 0.15) is 28.6 Å². The van der Waals surface area contributed by atoms with E-state index < -0.39 is 10.8 Å². The predicted octanol–water partition coefficient (Wildman–Crippen LogP) is 5.08. The van der Waals surface area contributed by atoms with Gasteiger partial charge in [0, 0.05) is 17.5 Å². The molecule has 0 aliphatic carbocycles. The first-order chi connectivity index (χ1) is 16.5. The summed E-state index contributed by atoms with van der Waals surface area (Å²) in [7, 11) is 0. The Morgan fingerprint density at radius 2 is 1.88 bits per heavy atom. The van der Waals surface area contributed by atoms with Crippen molar-refractivity contribution in [1.29, 1.82) is 0 Å². The molecule has 4 aromatic rings. The molecule has 0 unspecified atom stereocenters. The van der Waals surface area contributed by atoms with Crippen molar-refractivity contribution in [1.82, 2.24) is 5.43 Å². The molecule has 0 aliphatic heterocycles. The van der Waals surface area contributed by atoms with Gasteiger partial charge in [-0.15, -0.1) is 0 Å². The third kappa shape index (κ3) is 5.39. The molecule has 1 amide bonds. The van der Waals surface area contributed by atoms with Gasteiger partial charge in [-0.25, -0.2) is 5.43 Å². The first-order valence-electron chi connectivity index (χ1n) is 10.5. The van der Waals surface area contributed by atoms with Crippen LogP contribution in [-0.4, -0.2) is 23.7 Å². The Kier molecular flexibility index (Phi) is 6.83. The molecule has 1 aromatic heterocycles. The summed E-state index contributed by atoms with van der Waals surface area (Å²) in [6, 6.07) is 20.7. The maximum absolute atomic E-state index is 12.4. The lowest BCUT2D eigenvalue weighted by atomic mass is 10.2. The van der Waals surface area contributed by atoms with E-state index in [1.807, 2.05) is 37.3 Å². The van der Waals surface area contributed by atoms with Crippen LogP contribution in [0.25, 0.3) is 11.0 Å². The number of nitro benzene ring substituents is 1. The van der Waals surface area contributed by atoms with Gasteiger partial charge in [-0.1, -0.05) is 30.3 Å². The number of nitro groups is 1. The van der Waals surface area contributed by atoms with Crippen molar-refractivity contribution >= 4 is 28.8 Å². The van der Waals surface area contributed by atoms with Crippen LogP contribution in [0, 0.1) is 10.1 Å². The number of hydrogen-bond donors (Lipinski definition) is 1. The fourth-order valence-corrected chi connectivity index (χ4v) is 3.20. The zero-order valence-corrected chi connectivity index (χ0v) is 18.3. The van der Waals surface area contributed by atoms with Gasteiger partial charge in [0.05, 0.1) is 17.7 Å². The maximum atomic E-state index is 12.4. The number of ether oxygens (including phenoxy) is 2. The van der Waals surface area contributed by atoms with Crippen molar-refractivity contribution in [3.63, 3.8) is 0 Å². The van der Waals surface area contributed by atoms with E-state index in [2.05, 4.69) is 10.5 Å². The molecule has 0 saturated carbocycles. The zero-order valence-electron chi connectivity index (χ0n) is 18.3. The van der Waals surface area contributed by atoms with E-state index in [4.69, 9.17) is 13.9 Å². The van der Waals surface area contributed by atoms with Crippen LogP contribution >= 0.6 is 0 Å². The Labute approximate surface area is 194 Å². The Morgan fingerprint density at radius 1 is 1.06 bits per heavy atom. The minimum absolute atomic E-state index is 0.00712. The topological polar surface area (TPSA) is 116 Å². The van der Waals surface area contributed by atoms with E-state index in [-0.39, 0.29) is 11.4 Å². The summed E-state index contributed by atoms with van der Waals surface area (Å²) >= 11 is 0. The summed E-state index contributed by atoms with van der Waals surface area (Å²) in [6.45, 7) is 2.75. The van der Waals surface area contributed by atoms with Crippen molar-refractivity contribution < 1.29 is 23.6 Å². The molecular weight excluding hydrogens is 438 g/mol. The van der Waals surface area contributed by atoms with Gasteiger partial charge in [0.1, 0.15) is 12.2 Å². The van der Waals surface area contributed by atoms with E-state index in [0.717, 1.165) is 5.56 Å². The lowest BCUT2D eigenvalue weighted by molar-refractivity contribution is -0.384. The molecular formula is C25H21N3O6. The number of rotatable bonds is 9. The van der Waals surface area contributed by atoms with Gasteiger partial charge in [-0.3, -0.25) is 14.9 Å². The van der Waals surface area contributed by atoms with Crippen LogP contribution in [-0.2, 0) is 6.61 Å². The summed E-state index contributed by atoms with van der Waals surface area (Å²) in [5.74, 6) is 0.575. The molecule has 0 saturated heterocycles. The molecule has 9 heteroatoms. The van der Waals surface area contributed by atoms with E-state index in [9.17, 15) is 14.9 Å². The molecule has 1 N–H and O–H groups in total. The molecule has 0 fully saturated rings. The maximum Gasteiger partial charge on any atom is 0.307 e. The van der Waals surface area contributed by atoms with Crippen LogP contribution in [0.5, 0.6) is 11.5 Å². The number of carbonyl (C=O) groups excluding carboxylic acids is 1. The predicted molar refractivity (Wildman–Crippen MR) is 126 cm³/mol. The average Bonchev–Trinajstić information content (AvgIpc) is 3.28. The highest BCUT2D eigenvalue weighted by Crippen LogP contribution is 2.29. The van der Waals surface area contributed by atoms with E-state index in [1.165, 1.54) is 30.5 Å². The van der Waals surface area contributed by atoms with Crippen LogP contribution < -0.4 is 14.9 Å². The van der Waals surface area contributed by atoms with E-state index in [1.54, 1.807) is 18.2 Å². The summed E-state index contributed by atoms with van der Waals surface area (Å²) in [5.41, 5.74) is 4.40. The molecule has 0 spiro atoms. The lowest BCUT2D eigenvalue weighted by Gasteiger charge is -2.12. The summed E-state index contributed by atoms with van der Waals surface area (Å²) in [5, 5.41) is 15.3. The second-order valence-corrected chi connectivity index (χ2v) is 7.20. The quantitative estimate of drug-likeness (QED) is 0.212. The largest absolute Gasteiger partial charge is 0.490 e. The fraction of sp³-hybridized carbons (Fsp3) is 0.120. The van der Waals surface area contributed by atoms with E-state index >= 15 is 0 Å². The Morgan fingerprint density at radius 3 is 2.65 bits per heavy atom. The van der Waals surface area contributed by atoms with Gasteiger partial charge in [-0.2, -0.15) is 5.10 Å². The third-order valence-corrected chi connectivity index (χ3v) is 4.82. The van der Waals surface area contributed by atoms with Gasteiger partial charge in [0.25, 0.3) is 5.69 Å². The molecule has 0 bridgehead atoms. The first kappa shape index (κ1) is 22.5. The lowest BCUT2D eigenvalue weighted by Crippen LogP contribution is -2.16. The second kappa shape index (κ2) is 10.3. The molecule has 9 nitrogen and oxygen atoms in total. The number of furan rings is 1. The van der Waals surface area contributed by atoms with Crippen molar-refractivity contribution in [3.05, 3.63) is 99.8 Å². The number of hydrogen-bond acceptors (Lipinski definition) is 7. The normalized spacial score (nSPS) is 11.0. The number of amides is 1. The van der Waals surface area contributed by atoms with Crippen LogP contribution in [0.3, 0.4) is 0 Å². The number of fused-ring (bicyclic) bond motifs is 1. The molecule has 172 valence electrons. The molecule has 4 rings (SSSR count). The average molecular weight is 459 g/mol. The number of nitrogens with one attached hydrogen (secondary N) is 1. The van der Waals surface area contributed by atoms with Gasteiger partial charge in [0.15, 0.2) is 17.3 Å². The van der Waals surface area contributed by atoms with Crippen LogP contribution in [0.15, 0.2) is 82.3 Å². The highest BCUT2D eigenvalue weighted by atomic mass is 16.6. The molecule has 0 radical (unpaired) electrons. The Balaban J connectivity index is 1.42. The second-order valence-electron chi connectivity index (χ2n) is 7.20. The molecule has 0 atom stereocenters. The minimum Gasteiger partial charge on any atom is -0.490 e. The molecule has 3 aromatic carbocycles. The van der Waals surface area contributed by atoms with Crippen molar-refractivity contribution in [2.24, 2.45) is 5.10 Å². The molecule has 0 aliphatic rings.